The summed E-state index contributed by atoms with van der Waals surface area (Å²) in [4.78, 5) is 16.8. The van der Waals surface area contributed by atoms with Crippen LogP contribution < -0.4 is 0 Å². The quantitative estimate of drug-likeness (QED) is 0.783. The van der Waals surface area contributed by atoms with Crippen molar-refractivity contribution in [3.05, 3.63) is 22.8 Å². The van der Waals surface area contributed by atoms with Crippen LogP contribution in [-0.2, 0) is 11.8 Å². The first kappa shape index (κ1) is 11.8. The van der Waals surface area contributed by atoms with Gasteiger partial charge in [0.25, 0.3) is 0 Å². The van der Waals surface area contributed by atoms with Crippen LogP contribution in [0.15, 0.2) is 12.3 Å². The van der Waals surface area contributed by atoms with Gasteiger partial charge in [-0.2, -0.15) is 5.10 Å². The van der Waals surface area contributed by atoms with E-state index in [9.17, 15) is 4.79 Å². The van der Waals surface area contributed by atoms with Gasteiger partial charge in [-0.25, -0.2) is 9.78 Å². The van der Waals surface area contributed by atoms with Gasteiger partial charge in [0, 0.05) is 18.1 Å². The van der Waals surface area contributed by atoms with Crippen molar-refractivity contribution in [2.45, 2.75) is 13.8 Å². The third kappa shape index (κ3) is 2.21. The Morgan fingerprint density at radius 2 is 2.35 bits per heavy atom. The average molecular weight is 251 g/mol. The molecule has 2 aromatic rings. The van der Waals surface area contributed by atoms with E-state index in [0.29, 0.717) is 12.3 Å². The Morgan fingerprint density at radius 3 is 2.94 bits per heavy atom. The molecule has 0 unspecified atom stereocenters. The SMILES string of the molecule is CCOC(=O)c1nc(-c2ccnn2C)sc1C. The molecule has 0 saturated heterocycles. The Labute approximate surface area is 103 Å². The van der Waals surface area contributed by atoms with Crippen molar-refractivity contribution in [3.63, 3.8) is 0 Å². The average Bonchev–Trinajstić information content (AvgIpc) is 2.84. The van der Waals surface area contributed by atoms with Gasteiger partial charge in [0.2, 0.25) is 0 Å². The lowest BCUT2D eigenvalue weighted by molar-refractivity contribution is 0.0519. The van der Waals surface area contributed by atoms with Crippen LogP contribution >= 0.6 is 11.3 Å². The highest BCUT2D eigenvalue weighted by Crippen LogP contribution is 2.27. The Bertz CT molecular complexity index is 545. The van der Waals surface area contributed by atoms with Gasteiger partial charge in [0.15, 0.2) is 5.69 Å². The molecule has 0 aliphatic heterocycles. The van der Waals surface area contributed by atoms with E-state index in [1.165, 1.54) is 11.3 Å². The Hall–Kier alpha value is -1.69. The molecule has 5 nitrogen and oxygen atoms in total. The number of carbonyl (C=O) groups is 1. The summed E-state index contributed by atoms with van der Waals surface area (Å²) in [6.45, 7) is 4.00. The van der Waals surface area contributed by atoms with Gasteiger partial charge < -0.3 is 4.74 Å². The van der Waals surface area contributed by atoms with E-state index in [0.717, 1.165) is 15.6 Å². The van der Waals surface area contributed by atoms with E-state index in [2.05, 4.69) is 10.1 Å². The summed E-state index contributed by atoms with van der Waals surface area (Å²) in [7, 11) is 1.84. The largest absolute Gasteiger partial charge is 0.461 e. The number of ether oxygens (including phenoxy) is 1. The maximum atomic E-state index is 11.6. The normalized spacial score (nSPS) is 10.5. The Morgan fingerprint density at radius 1 is 1.59 bits per heavy atom. The first-order chi connectivity index (χ1) is 8.13. The molecule has 0 N–H and O–H groups in total. The van der Waals surface area contributed by atoms with Crippen molar-refractivity contribution < 1.29 is 9.53 Å². The fraction of sp³-hybridized carbons (Fsp3) is 0.364. The maximum absolute atomic E-state index is 11.6. The van der Waals surface area contributed by atoms with Gasteiger partial charge in [0.1, 0.15) is 5.01 Å². The highest BCUT2D eigenvalue weighted by molar-refractivity contribution is 7.15. The van der Waals surface area contributed by atoms with E-state index in [1.54, 1.807) is 17.8 Å². The van der Waals surface area contributed by atoms with Crippen LogP contribution in [-0.4, -0.2) is 27.3 Å². The maximum Gasteiger partial charge on any atom is 0.358 e. The van der Waals surface area contributed by atoms with Gasteiger partial charge in [0.05, 0.1) is 12.3 Å². The van der Waals surface area contributed by atoms with Crippen molar-refractivity contribution in [2.24, 2.45) is 7.05 Å². The second kappa shape index (κ2) is 4.67. The van der Waals surface area contributed by atoms with Gasteiger partial charge in [-0.1, -0.05) is 0 Å². The summed E-state index contributed by atoms with van der Waals surface area (Å²) in [5.74, 6) is -0.366. The third-order valence-electron chi connectivity index (χ3n) is 2.31. The molecule has 90 valence electrons. The second-order valence-electron chi connectivity index (χ2n) is 3.48. The summed E-state index contributed by atoms with van der Waals surface area (Å²) in [6.07, 6.45) is 1.70. The minimum absolute atomic E-state index is 0.358. The molecular formula is C11H13N3O2S. The van der Waals surface area contributed by atoms with Gasteiger partial charge in [-0.3, -0.25) is 4.68 Å². The number of carbonyl (C=O) groups excluding carboxylic acids is 1. The lowest BCUT2D eigenvalue weighted by Crippen LogP contribution is -2.06. The Kier molecular flexibility index (Phi) is 3.23. The number of hydrogen-bond donors (Lipinski definition) is 0. The molecule has 2 heterocycles. The van der Waals surface area contributed by atoms with Crippen LogP contribution in [0.4, 0.5) is 0 Å². The van der Waals surface area contributed by atoms with Crippen LogP contribution in [0.1, 0.15) is 22.3 Å². The van der Waals surface area contributed by atoms with Crippen LogP contribution in [0.2, 0.25) is 0 Å². The number of thiazole rings is 1. The van der Waals surface area contributed by atoms with Crippen LogP contribution in [0.5, 0.6) is 0 Å². The lowest BCUT2D eigenvalue weighted by atomic mass is 10.4. The predicted octanol–water partition coefficient (Wildman–Crippen LogP) is 2.03. The highest BCUT2D eigenvalue weighted by Gasteiger charge is 2.18. The molecule has 0 radical (unpaired) electrons. The van der Waals surface area contributed by atoms with E-state index < -0.39 is 0 Å². The predicted molar refractivity (Wildman–Crippen MR) is 65.0 cm³/mol. The smallest absolute Gasteiger partial charge is 0.358 e. The standard InChI is InChI=1S/C11H13N3O2S/c1-4-16-11(15)9-7(2)17-10(13-9)8-5-6-12-14(8)3/h5-6H,4H2,1-3H3. The molecule has 0 atom stereocenters. The van der Waals surface area contributed by atoms with E-state index in [1.807, 2.05) is 20.0 Å². The fourth-order valence-electron chi connectivity index (χ4n) is 1.48. The molecule has 2 aromatic heterocycles. The highest BCUT2D eigenvalue weighted by atomic mass is 32.1. The molecule has 0 saturated carbocycles. The summed E-state index contributed by atoms with van der Waals surface area (Å²) < 4.78 is 6.68. The summed E-state index contributed by atoms with van der Waals surface area (Å²) >= 11 is 1.47. The summed E-state index contributed by atoms with van der Waals surface area (Å²) in [5.41, 5.74) is 1.29. The monoisotopic (exact) mass is 251 g/mol. The molecule has 0 spiro atoms. The zero-order valence-corrected chi connectivity index (χ0v) is 10.7. The molecule has 0 fully saturated rings. The van der Waals surface area contributed by atoms with Crippen molar-refractivity contribution in [1.82, 2.24) is 14.8 Å². The van der Waals surface area contributed by atoms with Gasteiger partial charge in [-0.15, -0.1) is 11.3 Å². The zero-order valence-electron chi connectivity index (χ0n) is 9.93. The molecule has 0 aromatic carbocycles. The van der Waals surface area contributed by atoms with Gasteiger partial charge >= 0.3 is 5.97 Å². The first-order valence-corrected chi connectivity index (χ1v) is 6.08. The van der Waals surface area contributed by atoms with Crippen LogP contribution in [0.25, 0.3) is 10.7 Å². The number of nitrogens with zero attached hydrogens (tertiary/aromatic N) is 3. The number of aryl methyl sites for hydroxylation is 2. The molecule has 17 heavy (non-hydrogen) atoms. The van der Waals surface area contributed by atoms with Crippen molar-refractivity contribution in [1.29, 1.82) is 0 Å². The van der Waals surface area contributed by atoms with Crippen LogP contribution in [0, 0.1) is 6.92 Å². The first-order valence-electron chi connectivity index (χ1n) is 5.26. The fourth-order valence-corrected chi connectivity index (χ4v) is 2.44. The number of aromatic nitrogens is 3. The molecule has 2 rings (SSSR count). The number of hydrogen-bond acceptors (Lipinski definition) is 5. The topological polar surface area (TPSA) is 57.0 Å². The van der Waals surface area contributed by atoms with Gasteiger partial charge in [-0.05, 0) is 19.9 Å². The van der Waals surface area contributed by atoms with Crippen molar-refractivity contribution in [2.75, 3.05) is 6.61 Å². The van der Waals surface area contributed by atoms with Crippen LogP contribution in [0.3, 0.4) is 0 Å². The number of rotatable bonds is 3. The summed E-state index contributed by atoms with van der Waals surface area (Å²) in [5, 5.41) is 4.86. The molecule has 0 aliphatic carbocycles. The lowest BCUT2D eigenvalue weighted by Gasteiger charge is -1.98. The molecule has 6 heteroatoms. The molecule has 0 amide bonds. The van der Waals surface area contributed by atoms with E-state index in [4.69, 9.17) is 4.74 Å². The second-order valence-corrected chi connectivity index (χ2v) is 4.69. The van der Waals surface area contributed by atoms with Crippen molar-refractivity contribution >= 4 is 17.3 Å². The zero-order chi connectivity index (χ0) is 12.4. The molecule has 0 bridgehead atoms. The molecular weight excluding hydrogens is 238 g/mol. The number of esters is 1. The van der Waals surface area contributed by atoms with E-state index in [-0.39, 0.29) is 5.97 Å². The third-order valence-corrected chi connectivity index (χ3v) is 3.30. The minimum atomic E-state index is -0.366. The minimum Gasteiger partial charge on any atom is -0.461 e. The Balaban J connectivity index is 2.37. The summed E-state index contributed by atoms with van der Waals surface area (Å²) in [6, 6.07) is 1.87. The van der Waals surface area contributed by atoms with E-state index >= 15 is 0 Å². The molecule has 0 aliphatic rings. The van der Waals surface area contributed by atoms with Crippen molar-refractivity contribution in [3.8, 4) is 10.7 Å².